The monoisotopic (exact) mass is 670 g/mol. The van der Waals surface area contributed by atoms with E-state index in [2.05, 4.69) is 5.32 Å². The number of barbiturate groups is 1. The molecule has 1 aliphatic heterocycles. The molecule has 1 saturated heterocycles. The predicted molar refractivity (Wildman–Crippen MR) is 170 cm³/mol. The van der Waals surface area contributed by atoms with Gasteiger partial charge in [-0.2, -0.15) is 0 Å². The molecule has 4 aromatic carbocycles. The third-order valence-electron chi connectivity index (χ3n) is 6.47. The molecule has 0 radical (unpaired) electrons. The Bertz CT molecular complexity index is 1780. The number of hydrogen-bond acceptors (Lipinski definition) is 6. The maximum Gasteiger partial charge on any atom is 0.335 e. The van der Waals surface area contributed by atoms with Gasteiger partial charge < -0.3 is 14.2 Å². The minimum absolute atomic E-state index is 0.0788. The van der Waals surface area contributed by atoms with Gasteiger partial charge in [-0.05, 0) is 77.9 Å². The fraction of sp³-hybridized carbons (Fsp3) is 0.0938. The van der Waals surface area contributed by atoms with E-state index in [-0.39, 0.29) is 34.4 Å². The SMILES string of the molecule is COc1cc(/C=C2\C(=O)NC(=O)N(c3ccc(OCc4ccc(Cl)cc4)cc3)C2=O)cc(Cl)c1OCc1ccc(Cl)cc1Cl. The van der Waals surface area contributed by atoms with Crippen molar-refractivity contribution in [2.75, 3.05) is 12.0 Å². The number of urea groups is 1. The second kappa shape index (κ2) is 13.6. The van der Waals surface area contributed by atoms with E-state index >= 15 is 0 Å². The predicted octanol–water partition coefficient (Wildman–Crippen LogP) is 8.13. The number of carbonyl (C=O) groups is 3. The Kier molecular flexibility index (Phi) is 9.66. The molecule has 0 spiro atoms. The van der Waals surface area contributed by atoms with Crippen LogP contribution in [-0.4, -0.2) is 25.0 Å². The molecule has 44 heavy (non-hydrogen) atoms. The van der Waals surface area contributed by atoms with Crippen LogP contribution in [0.15, 0.2) is 84.4 Å². The van der Waals surface area contributed by atoms with Crippen LogP contribution in [0.1, 0.15) is 16.7 Å². The Morgan fingerprint density at radius 1 is 0.773 bits per heavy atom. The lowest BCUT2D eigenvalue weighted by molar-refractivity contribution is -0.122. The summed E-state index contributed by atoms with van der Waals surface area (Å²) >= 11 is 24.6. The summed E-state index contributed by atoms with van der Waals surface area (Å²) in [7, 11) is 1.42. The molecular weight excluding hydrogens is 650 g/mol. The highest BCUT2D eigenvalue weighted by Crippen LogP contribution is 2.38. The zero-order valence-corrected chi connectivity index (χ0v) is 25.9. The third-order valence-corrected chi connectivity index (χ3v) is 7.58. The summed E-state index contributed by atoms with van der Waals surface area (Å²) in [6.45, 7) is 0.376. The zero-order chi connectivity index (χ0) is 31.4. The molecule has 0 atom stereocenters. The smallest absolute Gasteiger partial charge is 0.335 e. The Morgan fingerprint density at radius 2 is 1.48 bits per heavy atom. The number of benzene rings is 4. The minimum Gasteiger partial charge on any atom is -0.493 e. The van der Waals surface area contributed by atoms with E-state index in [9.17, 15) is 14.4 Å². The number of carbonyl (C=O) groups excluding carboxylic acids is 3. The van der Waals surface area contributed by atoms with Crippen LogP contribution in [0.25, 0.3) is 6.08 Å². The van der Waals surface area contributed by atoms with Crippen molar-refractivity contribution in [3.63, 3.8) is 0 Å². The summed E-state index contributed by atoms with van der Waals surface area (Å²) in [4.78, 5) is 39.7. The van der Waals surface area contributed by atoms with Crippen molar-refractivity contribution in [2.45, 2.75) is 13.2 Å². The number of nitrogens with zero attached hydrogens (tertiary/aromatic N) is 1. The van der Waals surface area contributed by atoms with E-state index in [0.29, 0.717) is 38.6 Å². The van der Waals surface area contributed by atoms with Crippen LogP contribution >= 0.6 is 46.4 Å². The van der Waals surface area contributed by atoms with E-state index in [1.54, 1.807) is 60.7 Å². The van der Waals surface area contributed by atoms with Gasteiger partial charge in [-0.25, -0.2) is 9.69 Å². The largest absolute Gasteiger partial charge is 0.493 e. The molecule has 0 unspecified atom stereocenters. The third kappa shape index (κ3) is 7.11. The molecule has 4 aromatic rings. The van der Waals surface area contributed by atoms with Gasteiger partial charge >= 0.3 is 6.03 Å². The quantitative estimate of drug-likeness (QED) is 0.143. The first-order valence-electron chi connectivity index (χ1n) is 13.0. The first-order chi connectivity index (χ1) is 21.1. The average Bonchev–Trinajstić information content (AvgIpc) is 2.99. The van der Waals surface area contributed by atoms with Gasteiger partial charge in [-0.3, -0.25) is 14.9 Å². The molecule has 5 rings (SSSR count). The molecule has 0 saturated carbocycles. The number of nitrogens with one attached hydrogen (secondary N) is 1. The van der Waals surface area contributed by atoms with Gasteiger partial charge in [0.15, 0.2) is 11.5 Å². The van der Waals surface area contributed by atoms with Crippen LogP contribution in [-0.2, 0) is 22.8 Å². The summed E-state index contributed by atoms with van der Waals surface area (Å²) in [5.74, 6) is -0.673. The summed E-state index contributed by atoms with van der Waals surface area (Å²) in [6.07, 6.45) is 1.31. The van der Waals surface area contributed by atoms with Crippen LogP contribution in [0.4, 0.5) is 10.5 Å². The average molecular weight is 672 g/mol. The molecule has 8 nitrogen and oxygen atoms in total. The van der Waals surface area contributed by atoms with Crippen LogP contribution in [0.3, 0.4) is 0 Å². The lowest BCUT2D eigenvalue weighted by Crippen LogP contribution is -2.54. The van der Waals surface area contributed by atoms with Gasteiger partial charge in [0.25, 0.3) is 11.8 Å². The minimum atomic E-state index is -0.882. The fourth-order valence-electron chi connectivity index (χ4n) is 4.25. The lowest BCUT2D eigenvalue weighted by Gasteiger charge is -2.26. The summed E-state index contributed by atoms with van der Waals surface area (Å²) in [5, 5.41) is 3.90. The van der Waals surface area contributed by atoms with Gasteiger partial charge in [-0.1, -0.05) is 64.6 Å². The Labute approximate surface area is 272 Å². The number of amides is 4. The summed E-state index contributed by atoms with van der Waals surface area (Å²) in [5.41, 5.74) is 1.91. The molecule has 1 heterocycles. The normalized spacial score (nSPS) is 14.1. The molecular formula is C32H22Cl4N2O6. The number of imide groups is 2. The van der Waals surface area contributed by atoms with Gasteiger partial charge in [-0.15, -0.1) is 0 Å². The van der Waals surface area contributed by atoms with Crippen molar-refractivity contribution in [3.05, 3.63) is 121 Å². The summed E-state index contributed by atoms with van der Waals surface area (Å²) < 4.78 is 17.1. The fourth-order valence-corrected chi connectivity index (χ4v) is 5.11. The number of rotatable bonds is 9. The van der Waals surface area contributed by atoms with Gasteiger partial charge in [0.1, 0.15) is 24.5 Å². The van der Waals surface area contributed by atoms with Gasteiger partial charge in [0.05, 0.1) is 17.8 Å². The van der Waals surface area contributed by atoms with Crippen LogP contribution in [0.5, 0.6) is 17.2 Å². The van der Waals surface area contributed by atoms with E-state index < -0.39 is 17.8 Å². The second-order valence-electron chi connectivity index (χ2n) is 9.43. The lowest BCUT2D eigenvalue weighted by atomic mass is 10.1. The highest BCUT2D eigenvalue weighted by molar-refractivity contribution is 6.39. The highest BCUT2D eigenvalue weighted by atomic mass is 35.5. The molecule has 224 valence electrons. The summed E-state index contributed by atoms with van der Waals surface area (Å²) in [6, 6.07) is 20.7. The second-order valence-corrected chi connectivity index (χ2v) is 11.1. The van der Waals surface area contributed by atoms with Crippen LogP contribution < -0.4 is 24.4 Å². The van der Waals surface area contributed by atoms with Crippen molar-refractivity contribution in [2.24, 2.45) is 0 Å². The van der Waals surface area contributed by atoms with Crippen molar-refractivity contribution in [1.82, 2.24) is 5.32 Å². The van der Waals surface area contributed by atoms with Crippen LogP contribution in [0, 0.1) is 0 Å². The molecule has 1 aliphatic rings. The number of methoxy groups -OCH3 is 1. The topological polar surface area (TPSA) is 94.2 Å². The molecule has 12 heteroatoms. The number of anilines is 1. The van der Waals surface area contributed by atoms with E-state index in [1.807, 2.05) is 12.1 Å². The maximum absolute atomic E-state index is 13.4. The molecule has 1 fully saturated rings. The number of halogens is 4. The van der Waals surface area contributed by atoms with Gasteiger partial charge in [0, 0.05) is 20.6 Å². The first kappa shape index (κ1) is 31.2. The van der Waals surface area contributed by atoms with E-state index in [0.717, 1.165) is 10.5 Å². The first-order valence-corrected chi connectivity index (χ1v) is 14.5. The van der Waals surface area contributed by atoms with Crippen LogP contribution in [0.2, 0.25) is 20.1 Å². The highest BCUT2D eigenvalue weighted by Gasteiger charge is 2.37. The maximum atomic E-state index is 13.4. The van der Waals surface area contributed by atoms with Crippen molar-refractivity contribution < 1.29 is 28.6 Å². The molecule has 1 N–H and O–H groups in total. The van der Waals surface area contributed by atoms with Crippen molar-refractivity contribution >= 4 is 76.0 Å². The number of hydrogen-bond donors (Lipinski definition) is 1. The Hall–Kier alpha value is -4.21. The van der Waals surface area contributed by atoms with E-state index in [1.165, 1.54) is 19.3 Å². The Morgan fingerprint density at radius 3 is 2.16 bits per heavy atom. The zero-order valence-electron chi connectivity index (χ0n) is 22.9. The molecule has 0 bridgehead atoms. The van der Waals surface area contributed by atoms with Crippen molar-refractivity contribution in [3.8, 4) is 17.2 Å². The Balaban J connectivity index is 1.34. The standard InChI is InChI=1S/C32H22Cl4N2O6/c1-42-28-14-19(13-27(36)29(28)44-17-20-4-7-22(34)15-26(20)35)12-25-30(39)37-32(41)38(31(25)40)23-8-10-24(11-9-23)43-16-18-2-5-21(33)6-3-18/h2-15H,16-17H2,1H3,(H,37,39,41)/b25-12+. The molecule has 0 aromatic heterocycles. The van der Waals surface area contributed by atoms with Gasteiger partial charge in [0.2, 0.25) is 0 Å². The van der Waals surface area contributed by atoms with E-state index in [4.69, 9.17) is 60.6 Å². The van der Waals surface area contributed by atoms with Crippen molar-refractivity contribution in [1.29, 1.82) is 0 Å². The molecule has 4 amide bonds. The molecule has 0 aliphatic carbocycles. The number of ether oxygens (including phenoxy) is 3.